The summed E-state index contributed by atoms with van der Waals surface area (Å²) in [4.78, 5) is 37.0. The summed E-state index contributed by atoms with van der Waals surface area (Å²) in [5, 5.41) is 5.12. The Hall–Kier alpha value is -2.11. The lowest BCUT2D eigenvalue weighted by atomic mass is 10.0. The molecule has 3 amide bonds. The number of anilines is 1. The summed E-state index contributed by atoms with van der Waals surface area (Å²) in [7, 11) is 1.21. The van der Waals surface area contributed by atoms with Crippen LogP contribution in [0.4, 0.5) is 19.7 Å². The number of rotatable bonds is 6. The molecule has 1 aromatic rings. The molecule has 10 heteroatoms. The Morgan fingerprint density at radius 3 is 2.74 bits per heavy atom. The molecule has 1 aliphatic heterocycles. The molecule has 1 aliphatic rings. The molecule has 1 aromatic carbocycles. The quantitative estimate of drug-likeness (QED) is 0.593. The molecule has 8 nitrogen and oxygen atoms in total. The van der Waals surface area contributed by atoms with Crippen LogP contribution in [0.2, 0.25) is 0 Å². The van der Waals surface area contributed by atoms with Gasteiger partial charge in [0, 0.05) is 3.57 Å². The van der Waals surface area contributed by atoms with Gasteiger partial charge in [-0.15, -0.1) is 0 Å². The lowest BCUT2D eigenvalue weighted by Crippen LogP contribution is -2.51. The van der Waals surface area contributed by atoms with E-state index in [2.05, 4.69) is 15.4 Å². The van der Waals surface area contributed by atoms with Crippen molar-refractivity contribution in [1.29, 1.82) is 0 Å². The molecule has 2 atom stereocenters. The predicted octanol–water partition coefficient (Wildman–Crippen LogP) is 2.25. The number of carbonyl (C=O) groups excluding carboxylic acids is 3. The van der Waals surface area contributed by atoms with Crippen molar-refractivity contribution in [2.75, 3.05) is 25.1 Å². The molecule has 1 heterocycles. The summed E-state index contributed by atoms with van der Waals surface area (Å²) in [6.07, 6.45) is -1.90. The van der Waals surface area contributed by atoms with E-state index in [0.29, 0.717) is 9.26 Å². The zero-order chi connectivity index (χ0) is 20.1. The molecule has 0 bridgehead atoms. The number of hydrogen-bond donors (Lipinski definition) is 2. The third-order valence-electron chi connectivity index (χ3n) is 4.00. The van der Waals surface area contributed by atoms with Gasteiger partial charge in [-0.2, -0.15) is 0 Å². The van der Waals surface area contributed by atoms with E-state index < -0.39 is 36.1 Å². The van der Waals surface area contributed by atoms with Gasteiger partial charge in [0.2, 0.25) is 5.91 Å². The van der Waals surface area contributed by atoms with Crippen LogP contribution in [0.15, 0.2) is 18.2 Å². The maximum absolute atomic E-state index is 13.7. The number of amides is 3. The SMILES string of the molecule is COC(=O)N[C@H](C(=O)NC[C@H]1CN(c2ccc(I)c(F)c2)C(=O)O1)C(C)C. The Labute approximate surface area is 169 Å². The highest BCUT2D eigenvalue weighted by Gasteiger charge is 2.34. The minimum atomic E-state index is -0.782. The second-order valence-electron chi connectivity index (χ2n) is 6.32. The third kappa shape index (κ3) is 5.44. The second-order valence-corrected chi connectivity index (χ2v) is 7.48. The van der Waals surface area contributed by atoms with Crippen LogP contribution >= 0.6 is 22.6 Å². The van der Waals surface area contributed by atoms with Crippen LogP contribution in [0, 0.1) is 15.3 Å². The van der Waals surface area contributed by atoms with E-state index in [4.69, 9.17) is 4.74 Å². The van der Waals surface area contributed by atoms with Crippen LogP contribution in [-0.2, 0) is 14.3 Å². The highest BCUT2D eigenvalue weighted by molar-refractivity contribution is 14.1. The standard InChI is InChI=1S/C17H21FIN3O5/c1-9(2)14(21-16(24)26-3)15(23)20-7-11-8-22(17(25)27-11)10-4-5-13(19)12(18)6-10/h4-6,9,11,14H,7-8H2,1-3H3,(H,20,23)(H,21,24)/t11-,14-/m0/s1. The van der Waals surface area contributed by atoms with Gasteiger partial charge in [-0.1, -0.05) is 13.8 Å². The van der Waals surface area contributed by atoms with Crippen molar-refractivity contribution in [3.05, 3.63) is 27.6 Å². The van der Waals surface area contributed by atoms with Crippen molar-refractivity contribution < 1.29 is 28.2 Å². The molecule has 2 N–H and O–H groups in total. The van der Waals surface area contributed by atoms with E-state index in [1.807, 2.05) is 22.6 Å². The number of ether oxygens (including phenoxy) is 2. The minimum absolute atomic E-state index is 0.0694. The smallest absolute Gasteiger partial charge is 0.414 e. The first-order chi connectivity index (χ1) is 12.7. The predicted molar refractivity (Wildman–Crippen MR) is 104 cm³/mol. The first kappa shape index (κ1) is 21.2. The molecule has 148 valence electrons. The van der Waals surface area contributed by atoms with E-state index in [0.717, 1.165) is 0 Å². The van der Waals surface area contributed by atoms with Crippen molar-refractivity contribution in [3.8, 4) is 0 Å². The maximum atomic E-state index is 13.7. The minimum Gasteiger partial charge on any atom is -0.453 e. The molecule has 0 saturated carbocycles. The molecule has 1 fully saturated rings. The summed E-state index contributed by atoms with van der Waals surface area (Å²) in [5.74, 6) is -1.00. The topological polar surface area (TPSA) is 97.0 Å². The largest absolute Gasteiger partial charge is 0.453 e. The number of carbonyl (C=O) groups is 3. The zero-order valence-corrected chi connectivity index (χ0v) is 17.3. The molecule has 0 unspecified atom stereocenters. The summed E-state index contributed by atoms with van der Waals surface area (Å²) in [5.41, 5.74) is 0.388. The number of alkyl carbamates (subject to hydrolysis) is 1. The second kappa shape index (κ2) is 9.20. The lowest BCUT2D eigenvalue weighted by Gasteiger charge is -2.21. The van der Waals surface area contributed by atoms with E-state index in [1.165, 1.54) is 18.1 Å². The van der Waals surface area contributed by atoms with Gasteiger partial charge in [-0.3, -0.25) is 9.69 Å². The van der Waals surface area contributed by atoms with Crippen molar-refractivity contribution in [2.45, 2.75) is 26.0 Å². The number of nitrogens with one attached hydrogen (secondary N) is 2. The fourth-order valence-corrected chi connectivity index (χ4v) is 2.87. The van der Waals surface area contributed by atoms with E-state index >= 15 is 0 Å². The molecule has 0 spiro atoms. The lowest BCUT2D eigenvalue weighted by molar-refractivity contribution is -0.124. The number of methoxy groups -OCH3 is 1. The molecule has 0 aliphatic carbocycles. The zero-order valence-electron chi connectivity index (χ0n) is 15.1. The fourth-order valence-electron chi connectivity index (χ4n) is 2.54. The van der Waals surface area contributed by atoms with Gasteiger partial charge >= 0.3 is 12.2 Å². The van der Waals surface area contributed by atoms with Gasteiger partial charge in [0.15, 0.2) is 0 Å². The summed E-state index contributed by atoms with van der Waals surface area (Å²) in [6.45, 7) is 3.81. The van der Waals surface area contributed by atoms with E-state index in [9.17, 15) is 18.8 Å². The van der Waals surface area contributed by atoms with Gasteiger partial charge in [-0.25, -0.2) is 14.0 Å². The van der Waals surface area contributed by atoms with Crippen LogP contribution in [0.3, 0.4) is 0 Å². The van der Waals surface area contributed by atoms with Crippen LogP contribution in [0.5, 0.6) is 0 Å². The van der Waals surface area contributed by atoms with Crippen molar-refractivity contribution >= 4 is 46.4 Å². The third-order valence-corrected chi connectivity index (χ3v) is 4.88. The summed E-state index contributed by atoms with van der Waals surface area (Å²) >= 11 is 1.86. The van der Waals surface area contributed by atoms with Gasteiger partial charge < -0.3 is 20.1 Å². The summed E-state index contributed by atoms with van der Waals surface area (Å²) < 4.78 is 23.9. The Bertz CT molecular complexity index is 731. The van der Waals surface area contributed by atoms with E-state index in [-0.39, 0.29) is 19.0 Å². The first-order valence-electron chi connectivity index (χ1n) is 8.28. The average molecular weight is 493 g/mol. The Morgan fingerprint density at radius 1 is 1.44 bits per heavy atom. The van der Waals surface area contributed by atoms with Gasteiger partial charge in [-0.05, 0) is 46.7 Å². The van der Waals surface area contributed by atoms with Crippen molar-refractivity contribution in [2.24, 2.45) is 5.92 Å². The van der Waals surface area contributed by atoms with E-state index in [1.54, 1.807) is 26.0 Å². The Morgan fingerprint density at radius 2 is 2.15 bits per heavy atom. The Balaban J connectivity index is 1.94. The normalized spacial score (nSPS) is 17.5. The molecule has 0 radical (unpaired) electrons. The van der Waals surface area contributed by atoms with Gasteiger partial charge in [0.1, 0.15) is 18.0 Å². The monoisotopic (exact) mass is 493 g/mol. The van der Waals surface area contributed by atoms with Gasteiger partial charge in [0.25, 0.3) is 0 Å². The fraction of sp³-hybridized carbons (Fsp3) is 0.471. The summed E-state index contributed by atoms with van der Waals surface area (Å²) in [6, 6.07) is 3.68. The van der Waals surface area contributed by atoms with Crippen molar-refractivity contribution in [3.63, 3.8) is 0 Å². The number of benzene rings is 1. The molecule has 2 rings (SSSR count). The highest BCUT2D eigenvalue weighted by Crippen LogP contribution is 2.24. The molecular weight excluding hydrogens is 472 g/mol. The van der Waals surface area contributed by atoms with Crippen molar-refractivity contribution in [1.82, 2.24) is 10.6 Å². The van der Waals surface area contributed by atoms with Crippen LogP contribution in [-0.4, -0.2) is 50.4 Å². The number of cyclic esters (lactones) is 1. The van der Waals surface area contributed by atoms with Crippen LogP contribution in [0.1, 0.15) is 13.8 Å². The first-order valence-corrected chi connectivity index (χ1v) is 9.36. The Kier molecular flexibility index (Phi) is 7.22. The highest BCUT2D eigenvalue weighted by atomic mass is 127. The van der Waals surface area contributed by atoms with Crippen LogP contribution < -0.4 is 15.5 Å². The van der Waals surface area contributed by atoms with Crippen LogP contribution in [0.25, 0.3) is 0 Å². The molecule has 0 aromatic heterocycles. The maximum Gasteiger partial charge on any atom is 0.414 e. The average Bonchev–Trinajstić information content (AvgIpc) is 3.00. The number of halogens is 2. The molecule has 1 saturated heterocycles. The number of hydrogen-bond acceptors (Lipinski definition) is 5. The molecule has 27 heavy (non-hydrogen) atoms. The molecular formula is C17H21FIN3O5. The number of nitrogens with zero attached hydrogens (tertiary/aromatic N) is 1. The van der Waals surface area contributed by atoms with Gasteiger partial charge in [0.05, 0.1) is 25.9 Å².